The average molecular weight is 489 g/mol. The highest BCUT2D eigenvalue weighted by atomic mass is 35.5. The second-order valence-corrected chi connectivity index (χ2v) is 8.92. The van der Waals surface area contributed by atoms with E-state index in [1.807, 2.05) is 0 Å². The van der Waals surface area contributed by atoms with Crippen molar-refractivity contribution in [3.63, 3.8) is 0 Å². The zero-order valence-electron chi connectivity index (χ0n) is 18.3. The maximum Gasteiger partial charge on any atom is 0.258 e. The number of pyridine rings is 1. The van der Waals surface area contributed by atoms with E-state index in [0.717, 1.165) is 18.9 Å². The Hall–Kier alpha value is -3.40. The van der Waals surface area contributed by atoms with Crippen LogP contribution in [0, 0.1) is 11.7 Å². The minimum Gasteiger partial charge on any atom is -0.484 e. The number of nitrogens with zero attached hydrogens (tertiary/aromatic N) is 3. The van der Waals surface area contributed by atoms with Gasteiger partial charge in [0.15, 0.2) is 13.2 Å². The highest BCUT2D eigenvalue weighted by Crippen LogP contribution is 2.59. The van der Waals surface area contributed by atoms with E-state index in [9.17, 15) is 9.18 Å². The fourth-order valence-corrected chi connectivity index (χ4v) is 4.74. The predicted molar refractivity (Wildman–Crippen MR) is 117 cm³/mol. The van der Waals surface area contributed by atoms with Crippen LogP contribution in [0.5, 0.6) is 17.4 Å². The normalized spacial score (nSPS) is 22.7. The fraction of sp³-hybridized carbons (Fsp3) is 0.391. The molecule has 11 heteroatoms. The van der Waals surface area contributed by atoms with E-state index < -0.39 is 5.82 Å². The summed E-state index contributed by atoms with van der Waals surface area (Å²) in [7, 11) is 1.55. The van der Waals surface area contributed by atoms with Crippen LogP contribution in [0.4, 0.5) is 4.39 Å². The SMILES string of the molecule is COc1ccc(OCc2nnc(C34CC(C3)[C@@H](NC(=O)COc3ccc(Cl)c(F)c3)C4)o2)cn1. The smallest absolute Gasteiger partial charge is 0.258 e. The van der Waals surface area contributed by atoms with Crippen molar-refractivity contribution in [3.05, 3.63) is 59.1 Å². The number of benzene rings is 1. The van der Waals surface area contributed by atoms with Gasteiger partial charge < -0.3 is 23.9 Å². The van der Waals surface area contributed by atoms with Gasteiger partial charge >= 0.3 is 0 Å². The number of nitrogens with one attached hydrogen (secondary N) is 1. The van der Waals surface area contributed by atoms with Crippen LogP contribution in [0.1, 0.15) is 31.0 Å². The molecule has 1 aromatic carbocycles. The Kier molecular flexibility index (Phi) is 5.99. The number of fused-ring (bicyclic) bond motifs is 1. The lowest BCUT2D eigenvalue weighted by Gasteiger charge is -2.34. The Morgan fingerprint density at radius 1 is 1.21 bits per heavy atom. The molecular formula is C23H22ClFN4O5. The molecule has 3 aliphatic carbocycles. The molecule has 34 heavy (non-hydrogen) atoms. The molecule has 9 nitrogen and oxygen atoms in total. The van der Waals surface area contributed by atoms with Crippen LogP contribution >= 0.6 is 11.6 Å². The van der Waals surface area contributed by atoms with E-state index in [-0.39, 0.29) is 41.3 Å². The molecule has 2 aromatic heterocycles. The van der Waals surface area contributed by atoms with Gasteiger partial charge in [-0.25, -0.2) is 9.37 Å². The maximum absolute atomic E-state index is 13.5. The van der Waals surface area contributed by atoms with Crippen LogP contribution in [-0.4, -0.2) is 40.8 Å². The highest BCUT2D eigenvalue weighted by Gasteiger charge is 2.60. The third-order valence-corrected chi connectivity index (χ3v) is 6.60. The summed E-state index contributed by atoms with van der Waals surface area (Å²) in [6.45, 7) is -0.0805. The molecular weight excluding hydrogens is 467 g/mol. The monoisotopic (exact) mass is 488 g/mol. The molecule has 0 saturated heterocycles. The summed E-state index contributed by atoms with van der Waals surface area (Å²) in [5.41, 5.74) is -0.226. The van der Waals surface area contributed by atoms with Gasteiger partial charge in [-0.15, -0.1) is 10.2 Å². The summed E-state index contributed by atoms with van der Waals surface area (Å²) in [6, 6.07) is 7.50. The van der Waals surface area contributed by atoms with Crippen molar-refractivity contribution in [3.8, 4) is 17.4 Å². The average Bonchev–Trinajstić information content (AvgIpc) is 3.52. The van der Waals surface area contributed by atoms with E-state index >= 15 is 0 Å². The molecule has 178 valence electrons. The van der Waals surface area contributed by atoms with Gasteiger partial charge in [0.1, 0.15) is 17.3 Å². The van der Waals surface area contributed by atoms with Crippen molar-refractivity contribution in [1.82, 2.24) is 20.5 Å². The van der Waals surface area contributed by atoms with E-state index in [1.54, 1.807) is 25.4 Å². The third kappa shape index (κ3) is 4.50. The second-order valence-electron chi connectivity index (χ2n) is 8.52. The van der Waals surface area contributed by atoms with Crippen LogP contribution in [0.15, 0.2) is 40.9 Å². The van der Waals surface area contributed by atoms with E-state index in [4.69, 9.17) is 30.2 Å². The molecule has 3 aromatic rings. The first-order valence-electron chi connectivity index (χ1n) is 10.8. The Balaban J connectivity index is 1.12. The largest absolute Gasteiger partial charge is 0.484 e. The van der Waals surface area contributed by atoms with Crippen LogP contribution in [0.3, 0.4) is 0 Å². The van der Waals surface area contributed by atoms with E-state index in [2.05, 4.69) is 20.5 Å². The Labute approximate surface area is 199 Å². The maximum atomic E-state index is 13.5. The summed E-state index contributed by atoms with van der Waals surface area (Å²) in [5, 5.41) is 11.4. The summed E-state index contributed by atoms with van der Waals surface area (Å²) >= 11 is 5.66. The zero-order valence-corrected chi connectivity index (χ0v) is 19.0. The summed E-state index contributed by atoms with van der Waals surface area (Å²) in [6.07, 6.45) is 4.00. The second kappa shape index (κ2) is 9.09. The lowest BCUT2D eigenvalue weighted by molar-refractivity contribution is -0.124. The zero-order chi connectivity index (χ0) is 23.7. The lowest BCUT2D eigenvalue weighted by Crippen LogP contribution is -2.39. The molecule has 6 rings (SSSR count). The van der Waals surface area contributed by atoms with Crippen molar-refractivity contribution in [1.29, 1.82) is 0 Å². The molecule has 2 bridgehead atoms. The number of carbonyl (C=O) groups is 1. The van der Waals surface area contributed by atoms with Crippen molar-refractivity contribution >= 4 is 17.5 Å². The molecule has 3 saturated carbocycles. The van der Waals surface area contributed by atoms with Crippen LogP contribution in [0.2, 0.25) is 5.02 Å². The number of ether oxygens (including phenoxy) is 3. The van der Waals surface area contributed by atoms with Gasteiger partial charge in [-0.3, -0.25) is 4.79 Å². The first kappa shape index (κ1) is 22.4. The molecule has 1 atom stereocenters. The number of methoxy groups -OCH3 is 1. The molecule has 1 N–H and O–H groups in total. The van der Waals surface area contributed by atoms with Gasteiger partial charge in [0.2, 0.25) is 11.8 Å². The first-order valence-corrected chi connectivity index (χ1v) is 11.1. The topological polar surface area (TPSA) is 109 Å². The van der Waals surface area contributed by atoms with Crippen LogP contribution < -0.4 is 19.5 Å². The molecule has 3 aliphatic rings. The Morgan fingerprint density at radius 2 is 2.03 bits per heavy atom. The van der Waals surface area contributed by atoms with Gasteiger partial charge in [0.05, 0.1) is 23.7 Å². The third-order valence-electron chi connectivity index (χ3n) is 6.29. The minimum atomic E-state index is -0.594. The van der Waals surface area contributed by atoms with Crippen molar-refractivity contribution < 1.29 is 27.8 Å². The van der Waals surface area contributed by atoms with Gasteiger partial charge in [-0.2, -0.15) is 0 Å². The van der Waals surface area contributed by atoms with Crippen LogP contribution in [-0.2, 0) is 16.8 Å². The molecule has 0 aliphatic heterocycles. The van der Waals surface area contributed by atoms with Gasteiger partial charge in [-0.1, -0.05) is 11.6 Å². The molecule has 0 spiro atoms. The number of carbonyl (C=O) groups excluding carboxylic acids is 1. The summed E-state index contributed by atoms with van der Waals surface area (Å²) in [4.78, 5) is 16.4. The number of aromatic nitrogens is 3. The number of rotatable bonds is 9. The lowest BCUT2D eigenvalue weighted by atomic mass is 9.69. The minimum absolute atomic E-state index is 0.00122. The molecule has 0 unspecified atom stereocenters. The quantitative estimate of drug-likeness (QED) is 0.488. The van der Waals surface area contributed by atoms with Crippen molar-refractivity contribution in [2.45, 2.75) is 37.3 Å². The van der Waals surface area contributed by atoms with E-state index in [0.29, 0.717) is 35.7 Å². The van der Waals surface area contributed by atoms with Crippen molar-refractivity contribution in [2.75, 3.05) is 13.7 Å². The Morgan fingerprint density at radius 3 is 2.76 bits per heavy atom. The fourth-order valence-electron chi connectivity index (χ4n) is 4.62. The molecule has 3 fully saturated rings. The van der Waals surface area contributed by atoms with Gasteiger partial charge in [-0.05, 0) is 43.4 Å². The van der Waals surface area contributed by atoms with Crippen LogP contribution in [0.25, 0.3) is 0 Å². The number of hydrogen-bond acceptors (Lipinski definition) is 8. The highest BCUT2D eigenvalue weighted by molar-refractivity contribution is 6.30. The summed E-state index contributed by atoms with van der Waals surface area (Å²) < 4.78 is 35.4. The number of halogens is 2. The van der Waals surface area contributed by atoms with Crippen molar-refractivity contribution in [2.24, 2.45) is 5.92 Å². The molecule has 2 heterocycles. The summed E-state index contributed by atoms with van der Waals surface area (Å²) in [5.74, 6) is 1.73. The first-order chi connectivity index (χ1) is 16.4. The Bertz CT molecular complexity index is 1180. The molecule has 0 radical (unpaired) electrons. The number of hydrogen-bond donors (Lipinski definition) is 1. The molecule has 1 amide bonds. The standard InChI is InChI=1S/C23H22ClFN4O5/c1-31-20-5-3-15(10-26-20)33-12-21-28-29-22(34-21)23-7-13(8-23)18(9-23)27-19(30)11-32-14-2-4-16(24)17(25)6-14/h2-6,10,13,18H,7-9,11-12H2,1H3,(H,27,30)/t13?,18-,23?/m0/s1. The number of amides is 1. The van der Waals surface area contributed by atoms with Gasteiger partial charge in [0.25, 0.3) is 11.8 Å². The van der Waals surface area contributed by atoms with E-state index in [1.165, 1.54) is 12.1 Å². The predicted octanol–water partition coefficient (Wildman–Crippen LogP) is 3.46. The van der Waals surface area contributed by atoms with Gasteiger partial charge in [0, 0.05) is 18.2 Å².